The molecule has 0 spiro atoms. The first kappa shape index (κ1) is 26.9. The van der Waals surface area contributed by atoms with Gasteiger partial charge in [-0.15, -0.1) is 23.7 Å². The lowest BCUT2D eigenvalue weighted by molar-refractivity contribution is -0.137. The molecule has 35 heavy (non-hydrogen) atoms. The van der Waals surface area contributed by atoms with E-state index in [4.69, 9.17) is 11.6 Å². The maximum Gasteiger partial charge on any atom is 0.313 e. The molecule has 0 aliphatic carbocycles. The first-order chi connectivity index (χ1) is 16.3. The Kier molecular flexibility index (Phi) is 9.06. The molecule has 2 atom stereocenters. The van der Waals surface area contributed by atoms with Gasteiger partial charge in [0, 0.05) is 48.2 Å². The highest BCUT2D eigenvalue weighted by Gasteiger charge is 2.33. The van der Waals surface area contributed by atoms with Crippen LogP contribution in [-0.4, -0.2) is 77.7 Å². The third-order valence-corrected chi connectivity index (χ3v) is 7.18. The Morgan fingerprint density at radius 1 is 1.11 bits per heavy atom. The van der Waals surface area contributed by atoms with E-state index in [1.807, 2.05) is 7.05 Å². The molecule has 188 valence electrons. The predicted molar refractivity (Wildman–Crippen MR) is 135 cm³/mol. The van der Waals surface area contributed by atoms with Crippen LogP contribution in [0.1, 0.15) is 26.8 Å². The zero-order chi connectivity index (χ0) is 24.2. The van der Waals surface area contributed by atoms with E-state index in [-0.39, 0.29) is 24.9 Å². The number of carbonyl (C=O) groups excluding carboxylic acids is 4. The zero-order valence-corrected chi connectivity index (χ0v) is 21.3. The quantitative estimate of drug-likeness (QED) is 0.387. The van der Waals surface area contributed by atoms with E-state index in [1.165, 1.54) is 16.2 Å². The first-order valence-corrected chi connectivity index (χ1v) is 12.1. The Morgan fingerprint density at radius 2 is 1.86 bits per heavy atom. The van der Waals surface area contributed by atoms with Gasteiger partial charge in [-0.25, -0.2) is 4.98 Å². The van der Waals surface area contributed by atoms with Crippen LogP contribution >= 0.6 is 35.3 Å². The van der Waals surface area contributed by atoms with Gasteiger partial charge >= 0.3 is 11.8 Å². The number of anilines is 1. The number of aromatic nitrogens is 1. The minimum atomic E-state index is -0.832. The zero-order valence-electron chi connectivity index (χ0n) is 19.0. The van der Waals surface area contributed by atoms with Crippen LogP contribution in [0.2, 0.25) is 5.02 Å². The van der Waals surface area contributed by atoms with Crippen molar-refractivity contribution in [3.8, 4) is 0 Å². The third kappa shape index (κ3) is 6.69. The molecule has 2 aliphatic heterocycles. The van der Waals surface area contributed by atoms with Crippen molar-refractivity contribution in [1.29, 1.82) is 0 Å². The van der Waals surface area contributed by atoms with Gasteiger partial charge in [0.1, 0.15) is 0 Å². The second-order valence-electron chi connectivity index (χ2n) is 8.39. The normalized spacial score (nSPS) is 19.7. The van der Waals surface area contributed by atoms with Crippen LogP contribution in [0.3, 0.4) is 0 Å². The van der Waals surface area contributed by atoms with E-state index in [2.05, 4.69) is 25.8 Å². The molecule has 10 nitrogen and oxygen atoms in total. The monoisotopic (exact) mass is 540 g/mol. The van der Waals surface area contributed by atoms with Gasteiger partial charge in [0.05, 0.1) is 17.8 Å². The molecule has 1 aromatic carbocycles. The van der Waals surface area contributed by atoms with Crippen LogP contribution in [0.5, 0.6) is 0 Å². The fourth-order valence-electron chi connectivity index (χ4n) is 4.00. The number of amides is 4. The summed E-state index contributed by atoms with van der Waals surface area (Å²) in [7, 11) is 2.02. The fourth-order valence-corrected chi connectivity index (χ4v) is 5.21. The average Bonchev–Trinajstić information content (AvgIpc) is 3.25. The summed E-state index contributed by atoms with van der Waals surface area (Å²) >= 11 is 7.20. The molecule has 2 aliphatic rings. The van der Waals surface area contributed by atoms with Crippen molar-refractivity contribution in [2.45, 2.75) is 31.5 Å². The molecular formula is C22H26Cl2N6O4S. The second kappa shape index (κ2) is 11.8. The highest BCUT2D eigenvalue weighted by Crippen LogP contribution is 2.24. The molecule has 1 fully saturated rings. The highest BCUT2D eigenvalue weighted by atomic mass is 35.5. The van der Waals surface area contributed by atoms with Gasteiger partial charge in [-0.2, -0.15) is 0 Å². The molecule has 3 N–H and O–H groups in total. The van der Waals surface area contributed by atoms with E-state index < -0.39 is 23.9 Å². The summed E-state index contributed by atoms with van der Waals surface area (Å²) in [4.78, 5) is 58.4. The van der Waals surface area contributed by atoms with Crippen LogP contribution in [0.25, 0.3) is 0 Å². The van der Waals surface area contributed by atoms with E-state index in [0.717, 1.165) is 30.1 Å². The van der Waals surface area contributed by atoms with Crippen LogP contribution in [0.15, 0.2) is 24.3 Å². The van der Waals surface area contributed by atoms with Crippen LogP contribution in [0.4, 0.5) is 5.69 Å². The number of benzene rings is 1. The van der Waals surface area contributed by atoms with Crippen molar-refractivity contribution in [3.05, 3.63) is 44.9 Å². The lowest BCUT2D eigenvalue weighted by atomic mass is 9.99. The Labute approximate surface area is 217 Å². The molecule has 3 heterocycles. The second-order valence-corrected chi connectivity index (χ2v) is 9.91. The molecule has 1 saturated heterocycles. The summed E-state index contributed by atoms with van der Waals surface area (Å²) in [5.41, 5.74) is 1.37. The molecule has 0 bridgehead atoms. The number of nitrogens with zero attached hydrogens (tertiary/aromatic N) is 3. The fraction of sp³-hybridized carbons (Fsp3) is 0.409. The summed E-state index contributed by atoms with van der Waals surface area (Å²) < 4.78 is 0. The number of nitrogens with one attached hydrogen (secondary N) is 3. The Balaban J connectivity index is 0.00000342. The van der Waals surface area contributed by atoms with Crippen LogP contribution in [-0.2, 0) is 27.3 Å². The molecule has 0 saturated carbocycles. The molecule has 0 unspecified atom stereocenters. The molecular weight excluding hydrogens is 515 g/mol. The predicted octanol–water partition coefficient (Wildman–Crippen LogP) is 1.29. The number of fused-ring (bicyclic) bond motifs is 1. The summed E-state index contributed by atoms with van der Waals surface area (Å²) in [6.45, 7) is 2.26. The van der Waals surface area contributed by atoms with Gasteiger partial charge in [0.25, 0.3) is 5.91 Å². The van der Waals surface area contributed by atoms with Gasteiger partial charge in [-0.05, 0) is 37.7 Å². The number of piperidine rings is 1. The number of halogens is 2. The Bertz CT molecular complexity index is 1100. The lowest BCUT2D eigenvalue weighted by Gasteiger charge is -2.37. The van der Waals surface area contributed by atoms with Crippen molar-refractivity contribution >= 4 is 65.2 Å². The third-order valence-electron chi connectivity index (χ3n) is 5.85. The van der Waals surface area contributed by atoms with Crippen molar-refractivity contribution < 1.29 is 19.2 Å². The smallest absolute Gasteiger partial charge is 0.313 e. The number of hydrogen-bond acceptors (Lipinski definition) is 7. The summed E-state index contributed by atoms with van der Waals surface area (Å²) in [6, 6.07) is 5.29. The molecule has 2 aromatic rings. The number of carbonyl (C=O) groups is 4. The van der Waals surface area contributed by atoms with E-state index >= 15 is 0 Å². The molecule has 0 radical (unpaired) electrons. The average molecular weight is 541 g/mol. The topological polar surface area (TPSA) is 124 Å². The number of rotatable bonds is 5. The molecule has 4 rings (SSSR count). The maximum absolute atomic E-state index is 13.0. The van der Waals surface area contributed by atoms with Crippen molar-refractivity contribution in [2.24, 2.45) is 0 Å². The van der Waals surface area contributed by atoms with Gasteiger partial charge in [0.2, 0.25) is 6.41 Å². The number of thiazole rings is 1. The summed E-state index contributed by atoms with van der Waals surface area (Å²) in [6.07, 6.45) is 1.89. The Morgan fingerprint density at radius 3 is 2.57 bits per heavy atom. The van der Waals surface area contributed by atoms with E-state index in [1.54, 1.807) is 24.3 Å². The minimum Gasteiger partial charge on any atom is -0.343 e. The van der Waals surface area contributed by atoms with Crippen molar-refractivity contribution in [3.63, 3.8) is 0 Å². The minimum absolute atomic E-state index is 0. The molecule has 13 heteroatoms. The molecule has 1 aromatic heterocycles. The summed E-state index contributed by atoms with van der Waals surface area (Å²) in [5.74, 6) is -2.02. The van der Waals surface area contributed by atoms with E-state index in [0.29, 0.717) is 35.1 Å². The van der Waals surface area contributed by atoms with Gasteiger partial charge in [-0.3, -0.25) is 19.2 Å². The number of likely N-dealkylation sites (tertiary alicyclic amines) is 1. The first-order valence-electron chi connectivity index (χ1n) is 10.9. The molecule has 4 amide bonds. The van der Waals surface area contributed by atoms with E-state index in [9.17, 15) is 19.2 Å². The van der Waals surface area contributed by atoms with Gasteiger partial charge < -0.3 is 25.8 Å². The van der Waals surface area contributed by atoms with Crippen LogP contribution < -0.4 is 16.0 Å². The lowest BCUT2D eigenvalue weighted by Crippen LogP contribution is -2.61. The standard InChI is InChI=1S/C22H25ClN6O4S.ClH/c1-28-8-6-16-18(11-28)34-22(27-16)21(33)26-17-10-29(12-30)9-7-15(17)25-20(32)19(31)24-14-4-2-13(23)3-5-14;/h2-5,12,15,17H,6-11H2,1H3,(H,24,31)(H,25,32)(H,26,33);1H/t15-,17+;/m0./s1. The van der Waals surface area contributed by atoms with Crippen molar-refractivity contribution in [2.75, 3.05) is 32.0 Å². The number of likely N-dealkylation sites (N-methyl/N-ethyl adjacent to an activating group) is 1. The maximum atomic E-state index is 13.0. The van der Waals surface area contributed by atoms with Crippen LogP contribution in [0, 0.1) is 0 Å². The SMILES string of the molecule is CN1CCc2nc(C(=O)N[C@@H]3CN(C=O)CC[C@@H]3NC(=O)C(=O)Nc3ccc(Cl)cc3)sc2C1.Cl. The van der Waals surface area contributed by atoms with Crippen molar-refractivity contribution in [1.82, 2.24) is 25.4 Å². The summed E-state index contributed by atoms with van der Waals surface area (Å²) in [5, 5.41) is 8.98. The Hall–Kier alpha value is -2.73. The highest BCUT2D eigenvalue weighted by molar-refractivity contribution is 7.13. The van der Waals surface area contributed by atoms with Gasteiger partial charge in [0.15, 0.2) is 5.01 Å². The largest absolute Gasteiger partial charge is 0.343 e. The van der Waals surface area contributed by atoms with Gasteiger partial charge in [-0.1, -0.05) is 11.6 Å². The number of hydrogen-bond donors (Lipinski definition) is 3.